The Morgan fingerprint density at radius 3 is 2.30 bits per heavy atom. The number of nitrogens with zero attached hydrogens (tertiary/aromatic N) is 6. The minimum Gasteiger partial charge on any atom is -0.497 e. The summed E-state index contributed by atoms with van der Waals surface area (Å²) in [5.74, 6) is -0.0674. The first kappa shape index (κ1) is 43.8. The fourth-order valence-electron chi connectivity index (χ4n) is 6.10. The van der Waals surface area contributed by atoms with Crippen LogP contribution in [-0.2, 0) is 22.9 Å². The lowest BCUT2D eigenvalue weighted by Crippen LogP contribution is -2.49. The Labute approximate surface area is 337 Å². The predicted octanol–water partition coefficient (Wildman–Crippen LogP) is 7.89. The van der Waals surface area contributed by atoms with Crippen LogP contribution in [-0.4, -0.2) is 95.1 Å². The van der Waals surface area contributed by atoms with Crippen molar-refractivity contribution in [1.29, 1.82) is 5.26 Å². The molecule has 2 unspecified atom stereocenters. The number of hydrogen-bond acceptors (Lipinski definition) is 13. The molecule has 1 amide bonds. The van der Waals surface area contributed by atoms with Crippen LogP contribution in [0.3, 0.4) is 0 Å². The average molecular weight is 820 g/mol. The number of carbonyl (C=O) groups is 2. The molecule has 1 fully saturated rings. The van der Waals surface area contributed by atoms with Crippen molar-refractivity contribution in [3.63, 3.8) is 0 Å². The second-order valence-corrected chi connectivity index (χ2v) is 21.9. The molecule has 1 saturated heterocycles. The lowest BCUT2D eigenvalue weighted by molar-refractivity contribution is -0.0548. The smallest absolute Gasteiger partial charge is 0.338 e. The van der Waals surface area contributed by atoms with Gasteiger partial charge in [-0.25, -0.2) is 24.4 Å². The van der Waals surface area contributed by atoms with E-state index in [1.807, 2.05) is 6.07 Å². The standard InChI is InChI=1S/C40H54N7O8PSi/c1-26(2)47(27(3)4)56(52-22-14-21-41)54-33-31(23-51-39(49)29-17-19-30(50-8)20-18-29)53-38(34(33)55-57(9,10)40(5,6)7)46-25-44-32-35(42-24-43-36(32)46)45-37(48)28-15-12-11-13-16-28/h11-13,15-20,24-27,31,33-34,38H,14,22-23H2,1-10H3,(H,42,43,45,48)/t31-,33+,34?,38-,56?/m1/s1. The molecule has 57 heavy (non-hydrogen) atoms. The Morgan fingerprint density at radius 1 is 1.00 bits per heavy atom. The Morgan fingerprint density at radius 2 is 1.68 bits per heavy atom. The van der Waals surface area contributed by atoms with Crippen LogP contribution < -0.4 is 10.1 Å². The molecule has 0 bridgehead atoms. The number of amides is 1. The quantitative estimate of drug-likeness (QED) is 0.0472. The lowest BCUT2D eigenvalue weighted by Gasteiger charge is -2.42. The lowest BCUT2D eigenvalue weighted by atomic mass is 10.1. The second kappa shape index (κ2) is 18.9. The van der Waals surface area contributed by atoms with Gasteiger partial charge in [0.25, 0.3) is 14.4 Å². The molecule has 17 heteroatoms. The maximum atomic E-state index is 13.4. The Balaban J connectivity index is 1.59. The molecule has 15 nitrogen and oxygen atoms in total. The minimum atomic E-state index is -2.59. The number of benzene rings is 2. The number of nitriles is 1. The number of ether oxygens (including phenoxy) is 3. The SMILES string of the molecule is COc1ccc(C(=O)OC[C@H]2O[C@@H](n3cnc4c(NC(=O)c5ccccc5)ncnc43)C(O[Si](C)(C)C(C)(C)C)[C@H]2OP(OCCC#N)N(C(C)C)C(C)C)cc1. The van der Waals surface area contributed by atoms with E-state index in [0.29, 0.717) is 28.0 Å². The highest BCUT2D eigenvalue weighted by molar-refractivity contribution is 7.44. The summed E-state index contributed by atoms with van der Waals surface area (Å²) in [6, 6.07) is 17.6. The normalized spacial score (nSPS) is 19.2. The van der Waals surface area contributed by atoms with Crippen LogP contribution in [0.25, 0.3) is 11.2 Å². The van der Waals surface area contributed by atoms with E-state index >= 15 is 0 Å². The molecule has 5 rings (SSSR count). The summed E-state index contributed by atoms with van der Waals surface area (Å²) < 4.78 is 42.6. The van der Waals surface area contributed by atoms with Crippen molar-refractivity contribution in [3.8, 4) is 11.8 Å². The van der Waals surface area contributed by atoms with E-state index in [1.165, 1.54) is 6.33 Å². The van der Waals surface area contributed by atoms with Gasteiger partial charge < -0.3 is 33.0 Å². The first-order chi connectivity index (χ1) is 27.1. The van der Waals surface area contributed by atoms with E-state index in [0.717, 1.165) is 0 Å². The molecule has 0 spiro atoms. The largest absolute Gasteiger partial charge is 0.497 e. The van der Waals surface area contributed by atoms with Gasteiger partial charge in [-0.3, -0.25) is 9.36 Å². The summed E-state index contributed by atoms with van der Waals surface area (Å²) in [4.78, 5) is 40.2. The molecule has 4 aromatic rings. The summed E-state index contributed by atoms with van der Waals surface area (Å²) in [5.41, 5.74) is 1.53. The van der Waals surface area contributed by atoms with Gasteiger partial charge in [0.15, 0.2) is 31.5 Å². The summed E-state index contributed by atoms with van der Waals surface area (Å²) in [6.07, 6.45) is -0.245. The Kier molecular flexibility index (Phi) is 14.6. The molecule has 0 saturated carbocycles. The summed E-state index contributed by atoms with van der Waals surface area (Å²) in [5, 5.41) is 12.0. The first-order valence-corrected chi connectivity index (χ1v) is 23.0. The number of nitrogens with one attached hydrogen (secondary N) is 1. The van der Waals surface area contributed by atoms with Crippen molar-refractivity contribution >= 4 is 45.7 Å². The number of methoxy groups -OCH3 is 1. The van der Waals surface area contributed by atoms with Gasteiger partial charge in [-0.2, -0.15) is 5.26 Å². The fraction of sp³-hybridized carbons (Fsp3) is 0.500. The number of carbonyl (C=O) groups excluding carboxylic acids is 2. The minimum absolute atomic E-state index is 0.0150. The first-order valence-electron chi connectivity index (χ1n) is 19.0. The molecule has 1 aliphatic rings. The van der Waals surface area contributed by atoms with Crippen LogP contribution in [0.2, 0.25) is 18.1 Å². The van der Waals surface area contributed by atoms with Crippen LogP contribution in [0.1, 0.15) is 81.8 Å². The second-order valence-electron chi connectivity index (χ2n) is 15.7. The molecular formula is C40H54N7O8PSi. The highest BCUT2D eigenvalue weighted by Crippen LogP contribution is 2.52. The molecule has 306 valence electrons. The van der Waals surface area contributed by atoms with Gasteiger partial charge in [-0.1, -0.05) is 39.0 Å². The molecule has 5 atom stereocenters. The Hall–Kier alpha value is -4.33. The molecule has 1 N–H and O–H groups in total. The van der Waals surface area contributed by atoms with E-state index in [9.17, 15) is 14.9 Å². The maximum Gasteiger partial charge on any atom is 0.338 e. The van der Waals surface area contributed by atoms with Crippen molar-refractivity contribution in [2.24, 2.45) is 0 Å². The number of hydrogen-bond donors (Lipinski definition) is 1. The highest BCUT2D eigenvalue weighted by atomic mass is 31.2. The van der Waals surface area contributed by atoms with Crippen molar-refractivity contribution < 1.29 is 37.3 Å². The molecule has 3 heterocycles. The zero-order valence-corrected chi connectivity index (χ0v) is 36.2. The number of imidazole rings is 1. The molecule has 0 radical (unpaired) electrons. The van der Waals surface area contributed by atoms with Gasteiger partial charge in [0.05, 0.1) is 38.1 Å². The van der Waals surface area contributed by atoms with Gasteiger partial charge in [-0.15, -0.1) is 0 Å². The summed E-state index contributed by atoms with van der Waals surface area (Å²) in [7, 11) is -2.82. The zero-order valence-electron chi connectivity index (χ0n) is 34.3. The fourth-order valence-corrected chi connectivity index (χ4v) is 9.15. The van der Waals surface area contributed by atoms with Crippen molar-refractivity contribution in [2.75, 3.05) is 25.6 Å². The Bertz CT molecular complexity index is 1990. The molecule has 1 aliphatic heterocycles. The zero-order chi connectivity index (χ0) is 41.5. The summed E-state index contributed by atoms with van der Waals surface area (Å²) >= 11 is 0. The predicted molar refractivity (Wildman–Crippen MR) is 219 cm³/mol. The van der Waals surface area contributed by atoms with E-state index in [1.54, 1.807) is 66.5 Å². The number of fused-ring (bicyclic) bond motifs is 1. The van der Waals surface area contributed by atoms with Crippen molar-refractivity contribution in [2.45, 2.75) is 110 Å². The van der Waals surface area contributed by atoms with Crippen molar-refractivity contribution in [3.05, 3.63) is 78.4 Å². The molecule has 2 aromatic carbocycles. The van der Waals surface area contributed by atoms with E-state index < -0.39 is 47.4 Å². The van der Waals surface area contributed by atoms with Gasteiger partial charge >= 0.3 is 5.97 Å². The summed E-state index contributed by atoms with van der Waals surface area (Å²) in [6.45, 7) is 18.9. The topological polar surface area (TPSA) is 172 Å². The van der Waals surface area contributed by atoms with Crippen LogP contribution in [0.15, 0.2) is 67.3 Å². The molecular weight excluding hydrogens is 766 g/mol. The van der Waals surface area contributed by atoms with E-state index in [2.05, 4.69) is 92.6 Å². The third-order valence-electron chi connectivity index (χ3n) is 10.0. The molecule has 2 aromatic heterocycles. The van der Waals surface area contributed by atoms with E-state index in [-0.39, 0.29) is 48.5 Å². The van der Waals surface area contributed by atoms with Gasteiger partial charge in [0.2, 0.25) is 0 Å². The number of aromatic nitrogens is 4. The van der Waals surface area contributed by atoms with Crippen LogP contribution in [0.4, 0.5) is 5.82 Å². The van der Waals surface area contributed by atoms with Gasteiger partial charge in [0, 0.05) is 17.6 Å². The number of esters is 1. The third kappa shape index (κ3) is 10.4. The van der Waals surface area contributed by atoms with Crippen molar-refractivity contribution in [1.82, 2.24) is 24.2 Å². The van der Waals surface area contributed by atoms with Crippen LogP contribution >= 0.6 is 8.53 Å². The monoisotopic (exact) mass is 819 g/mol. The van der Waals surface area contributed by atoms with Crippen LogP contribution in [0.5, 0.6) is 5.75 Å². The van der Waals surface area contributed by atoms with Gasteiger partial charge in [0.1, 0.15) is 37.0 Å². The average Bonchev–Trinajstić information content (AvgIpc) is 3.74. The maximum absolute atomic E-state index is 13.4. The number of anilines is 1. The van der Waals surface area contributed by atoms with Gasteiger partial charge in [-0.05, 0) is 82.2 Å². The number of rotatable bonds is 17. The van der Waals surface area contributed by atoms with Crippen LogP contribution in [0, 0.1) is 11.3 Å². The third-order valence-corrected chi connectivity index (χ3v) is 16.6. The van der Waals surface area contributed by atoms with E-state index in [4.69, 9.17) is 27.7 Å². The highest BCUT2D eigenvalue weighted by Gasteiger charge is 2.54. The molecule has 0 aliphatic carbocycles.